The van der Waals surface area contributed by atoms with Gasteiger partial charge in [0.2, 0.25) is 0 Å². The zero-order valence-corrected chi connectivity index (χ0v) is 10.7. The summed E-state index contributed by atoms with van der Waals surface area (Å²) in [5, 5.41) is 1.22. The lowest BCUT2D eigenvalue weighted by atomic mass is 10.1. The predicted molar refractivity (Wildman–Crippen MR) is 72.6 cm³/mol. The van der Waals surface area contributed by atoms with Crippen LogP contribution in [0.4, 0.5) is 0 Å². The second kappa shape index (κ2) is 5.56. The van der Waals surface area contributed by atoms with Gasteiger partial charge in [-0.25, -0.2) is 0 Å². The van der Waals surface area contributed by atoms with Crippen LogP contribution in [0.15, 0.2) is 34.7 Å². The van der Waals surface area contributed by atoms with E-state index in [1.54, 1.807) is 0 Å². The molecule has 0 aliphatic carbocycles. The number of para-hydroxylation sites is 1. The van der Waals surface area contributed by atoms with Crippen LogP contribution in [-0.4, -0.2) is 18.0 Å². The Morgan fingerprint density at radius 1 is 1.06 bits per heavy atom. The van der Waals surface area contributed by atoms with Gasteiger partial charge in [0.15, 0.2) is 0 Å². The molecule has 0 spiro atoms. The molecule has 3 heteroatoms. The van der Waals surface area contributed by atoms with Crippen LogP contribution in [0.1, 0.15) is 25.0 Å². The summed E-state index contributed by atoms with van der Waals surface area (Å²) in [6.45, 7) is 3.41. The largest absolute Gasteiger partial charge is 0.460 e. The van der Waals surface area contributed by atoms with Crippen LogP contribution < -0.4 is 0 Å². The van der Waals surface area contributed by atoms with Gasteiger partial charge in [-0.2, -0.15) is 0 Å². The van der Waals surface area contributed by atoms with Crippen molar-refractivity contribution >= 4 is 23.4 Å². The van der Waals surface area contributed by atoms with Gasteiger partial charge < -0.3 is 4.42 Å². The number of nitrogens with zero attached hydrogens (tertiary/aromatic N) is 1. The van der Waals surface area contributed by atoms with Crippen LogP contribution in [0.25, 0.3) is 11.0 Å². The summed E-state index contributed by atoms with van der Waals surface area (Å²) in [6, 6.07) is 10.4. The minimum Gasteiger partial charge on any atom is -0.460 e. The lowest BCUT2D eigenvalue weighted by Gasteiger charge is -2.25. The monoisotopic (exact) mass is 251 g/mol. The molecule has 0 N–H and O–H groups in total. The van der Waals surface area contributed by atoms with Crippen molar-refractivity contribution in [2.75, 3.05) is 13.1 Å². The van der Waals surface area contributed by atoms with Crippen molar-refractivity contribution in [1.29, 1.82) is 0 Å². The number of furan rings is 1. The van der Waals surface area contributed by atoms with Crippen LogP contribution in [0.5, 0.6) is 0 Å². The third-order valence-corrected chi connectivity index (χ3v) is 3.30. The van der Waals surface area contributed by atoms with Crippen molar-refractivity contribution in [3.8, 4) is 0 Å². The normalized spacial score (nSPS) is 16.9. The van der Waals surface area contributed by atoms with E-state index in [-0.39, 0.29) is 12.4 Å². The topological polar surface area (TPSA) is 16.4 Å². The molecule has 0 amide bonds. The van der Waals surface area contributed by atoms with Crippen LogP contribution in [0.3, 0.4) is 0 Å². The highest BCUT2D eigenvalue weighted by molar-refractivity contribution is 5.85. The number of hydrogen-bond acceptors (Lipinski definition) is 2. The first-order valence-corrected chi connectivity index (χ1v) is 6.12. The maximum atomic E-state index is 5.83. The summed E-state index contributed by atoms with van der Waals surface area (Å²) in [7, 11) is 0. The maximum absolute atomic E-state index is 5.83. The van der Waals surface area contributed by atoms with Gasteiger partial charge in [-0.05, 0) is 38.1 Å². The van der Waals surface area contributed by atoms with E-state index in [0.717, 1.165) is 17.9 Å². The second-order valence-corrected chi connectivity index (χ2v) is 4.59. The standard InChI is InChI=1S/C14H17NO.ClH/c1-4-8-15(9-5-1)11-13-10-12-6-2-3-7-14(12)16-13;/h2-3,6-7,10H,1,4-5,8-9,11H2;1H. The smallest absolute Gasteiger partial charge is 0.134 e. The van der Waals surface area contributed by atoms with E-state index in [4.69, 9.17) is 4.42 Å². The molecule has 17 heavy (non-hydrogen) atoms. The third kappa shape index (κ3) is 2.82. The molecule has 0 atom stereocenters. The number of benzene rings is 1. The molecule has 3 rings (SSSR count). The Morgan fingerprint density at radius 3 is 2.59 bits per heavy atom. The van der Waals surface area contributed by atoms with Gasteiger partial charge in [0.25, 0.3) is 0 Å². The second-order valence-electron chi connectivity index (χ2n) is 4.59. The van der Waals surface area contributed by atoms with Gasteiger partial charge in [0, 0.05) is 5.39 Å². The Kier molecular flexibility index (Phi) is 4.08. The zero-order valence-electron chi connectivity index (χ0n) is 9.89. The lowest BCUT2D eigenvalue weighted by molar-refractivity contribution is 0.207. The maximum Gasteiger partial charge on any atom is 0.134 e. The molecular weight excluding hydrogens is 234 g/mol. The fourth-order valence-corrected chi connectivity index (χ4v) is 2.45. The highest BCUT2D eigenvalue weighted by Crippen LogP contribution is 2.21. The quantitative estimate of drug-likeness (QED) is 0.806. The average molecular weight is 252 g/mol. The van der Waals surface area contributed by atoms with E-state index in [0.29, 0.717) is 0 Å². The first kappa shape index (κ1) is 12.5. The number of fused-ring (bicyclic) bond motifs is 1. The Morgan fingerprint density at radius 2 is 1.82 bits per heavy atom. The minimum absolute atomic E-state index is 0. The molecule has 1 saturated heterocycles. The molecule has 0 saturated carbocycles. The molecule has 2 heterocycles. The van der Waals surface area contributed by atoms with E-state index in [1.165, 1.54) is 37.7 Å². The molecule has 1 aliphatic heterocycles. The van der Waals surface area contributed by atoms with Crippen molar-refractivity contribution in [2.24, 2.45) is 0 Å². The molecule has 1 fully saturated rings. The molecule has 0 radical (unpaired) electrons. The first-order chi connectivity index (χ1) is 7.92. The molecule has 0 unspecified atom stereocenters. The van der Waals surface area contributed by atoms with Crippen molar-refractivity contribution < 1.29 is 4.42 Å². The Labute approximate surface area is 108 Å². The number of halogens is 1. The fraction of sp³-hybridized carbons (Fsp3) is 0.429. The Bertz CT molecular complexity index is 441. The molecule has 92 valence electrons. The first-order valence-electron chi connectivity index (χ1n) is 6.12. The van der Waals surface area contributed by atoms with Crippen LogP contribution in [-0.2, 0) is 6.54 Å². The molecular formula is C14H18ClNO. The van der Waals surface area contributed by atoms with Crippen LogP contribution in [0.2, 0.25) is 0 Å². The van der Waals surface area contributed by atoms with Gasteiger partial charge >= 0.3 is 0 Å². The van der Waals surface area contributed by atoms with Gasteiger partial charge in [0.1, 0.15) is 11.3 Å². The van der Waals surface area contributed by atoms with Gasteiger partial charge in [0.05, 0.1) is 6.54 Å². The van der Waals surface area contributed by atoms with Crippen molar-refractivity contribution in [1.82, 2.24) is 4.90 Å². The summed E-state index contributed by atoms with van der Waals surface area (Å²) in [5.74, 6) is 1.10. The van der Waals surface area contributed by atoms with Crippen LogP contribution in [0, 0.1) is 0 Å². The Balaban J connectivity index is 0.00000108. The molecule has 1 aromatic heterocycles. The number of hydrogen-bond donors (Lipinski definition) is 0. The fourth-order valence-electron chi connectivity index (χ4n) is 2.45. The molecule has 2 aromatic rings. The molecule has 2 nitrogen and oxygen atoms in total. The predicted octanol–water partition coefficient (Wildman–Crippen LogP) is 3.84. The highest BCUT2D eigenvalue weighted by atomic mass is 35.5. The van der Waals surface area contributed by atoms with E-state index in [9.17, 15) is 0 Å². The highest BCUT2D eigenvalue weighted by Gasteiger charge is 2.12. The number of piperidine rings is 1. The van der Waals surface area contributed by atoms with Gasteiger partial charge in [-0.15, -0.1) is 12.4 Å². The number of rotatable bonds is 2. The molecule has 0 bridgehead atoms. The van der Waals surface area contributed by atoms with Gasteiger partial charge in [-0.1, -0.05) is 24.6 Å². The summed E-state index contributed by atoms with van der Waals surface area (Å²) < 4.78 is 5.83. The van der Waals surface area contributed by atoms with Gasteiger partial charge in [-0.3, -0.25) is 4.90 Å². The van der Waals surface area contributed by atoms with E-state index >= 15 is 0 Å². The SMILES string of the molecule is Cl.c1ccc2oc(CN3CCCCC3)cc2c1. The van der Waals surface area contributed by atoms with E-state index in [1.807, 2.05) is 12.1 Å². The minimum atomic E-state index is 0. The summed E-state index contributed by atoms with van der Waals surface area (Å²) in [4.78, 5) is 2.49. The summed E-state index contributed by atoms with van der Waals surface area (Å²) >= 11 is 0. The number of likely N-dealkylation sites (tertiary alicyclic amines) is 1. The molecule has 1 aromatic carbocycles. The summed E-state index contributed by atoms with van der Waals surface area (Å²) in [6.07, 6.45) is 4.05. The average Bonchev–Trinajstić information content (AvgIpc) is 2.72. The van der Waals surface area contributed by atoms with E-state index < -0.39 is 0 Å². The van der Waals surface area contributed by atoms with Crippen molar-refractivity contribution in [3.05, 3.63) is 36.1 Å². The van der Waals surface area contributed by atoms with Crippen molar-refractivity contribution in [2.45, 2.75) is 25.8 Å². The zero-order chi connectivity index (χ0) is 10.8. The van der Waals surface area contributed by atoms with E-state index in [2.05, 4.69) is 23.1 Å². The summed E-state index contributed by atoms with van der Waals surface area (Å²) in [5.41, 5.74) is 1.01. The Hall–Kier alpha value is -0.990. The van der Waals surface area contributed by atoms with Crippen LogP contribution >= 0.6 is 12.4 Å². The third-order valence-electron chi connectivity index (χ3n) is 3.30. The van der Waals surface area contributed by atoms with Crippen molar-refractivity contribution in [3.63, 3.8) is 0 Å². The molecule has 1 aliphatic rings. The lowest BCUT2D eigenvalue weighted by Crippen LogP contribution is -2.28.